The second-order valence-electron chi connectivity index (χ2n) is 19.8. The fraction of sp³-hybridized carbons (Fsp3) is 0.0571. The molecule has 0 saturated heterocycles. The molecule has 0 radical (unpaired) electrons. The van der Waals surface area contributed by atoms with Crippen LogP contribution >= 0.6 is 0 Å². The van der Waals surface area contributed by atoms with E-state index < -0.39 is 10.8 Å². The Bertz CT molecular complexity index is 3850. The third-order valence-electron chi connectivity index (χ3n) is 16.5. The molecule has 1 heteroatoms. The molecule has 0 saturated carbocycles. The molecular formula is C70H47N. The van der Waals surface area contributed by atoms with E-state index in [0.29, 0.717) is 0 Å². The van der Waals surface area contributed by atoms with E-state index >= 15 is 0 Å². The maximum absolute atomic E-state index is 2.55. The van der Waals surface area contributed by atoms with E-state index in [-0.39, 0.29) is 0 Å². The van der Waals surface area contributed by atoms with Crippen LogP contribution in [0, 0.1) is 0 Å². The third-order valence-corrected chi connectivity index (χ3v) is 16.5. The zero-order valence-corrected chi connectivity index (χ0v) is 39.2. The van der Waals surface area contributed by atoms with Gasteiger partial charge in [-0.25, -0.2) is 0 Å². The molecule has 0 amide bonds. The fourth-order valence-corrected chi connectivity index (χ4v) is 13.6. The average Bonchev–Trinajstić information content (AvgIpc) is 4.05. The number of anilines is 3. The van der Waals surface area contributed by atoms with Gasteiger partial charge in [-0.3, -0.25) is 0 Å². The molecule has 4 aliphatic carbocycles. The van der Waals surface area contributed by atoms with Crippen LogP contribution in [0.4, 0.5) is 17.1 Å². The van der Waals surface area contributed by atoms with Gasteiger partial charge in [0.25, 0.3) is 0 Å². The summed E-state index contributed by atoms with van der Waals surface area (Å²) < 4.78 is 0. The van der Waals surface area contributed by atoms with Gasteiger partial charge in [-0.1, -0.05) is 224 Å². The van der Waals surface area contributed by atoms with Gasteiger partial charge in [0.2, 0.25) is 0 Å². The molecule has 0 N–H and O–H groups in total. The van der Waals surface area contributed by atoms with Crippen molar-refractivity contribution in [2.45, 2.75) is 23.7 Å². The summed E-state index contributed by atoms with van der Waals surface area (Å²) in [6.45, 7) is 0. The van der Waals surface area contributed by atoms with E-state index in [1.807, 2.05) is 0 Å². The number of hydrogen-bond acceptors (Lipinski definition) is 1. The van der Waals surface area contributed by atoms with Crippen LogP contribution in [0.25, 0.3) is 55.6 Å². The number of fused-ring (bicyclic) bond motifs is 16. The minimum atomic E-state index is -0.544. The van der Waals surface area contributed by atoms with Crippen LogP contribution in [-0.2, 0) is 23.7 Å². The van der Waals surface area contributed by atoms with Gasteiger partial charge >= 0.3 is 0 Å². The first-order valence-corrected chi connectivity index (χ1v) is 25.1. The second kappa shape index (κ2) is 15.4. The summed E-state index contributed by atoms with van der Waals surface area (Å²) in [6.07, 6.45) is 2.17. The molecule has 0 atom stereocenters. The first kappa shape index (κ1) is 40.1. The first-order chi connectivity index (χ1) is 35.2. The van der Waals surface area contributed by atoms with Gasteiger partial charge in [0.1, 0.15) is 0 Å². The minimum Gasteiger partial charge on any atom is -0.310 e. The highest BCUT2D eigenvalue weighted by atomic mass is 15.1. The van der Waals surface area contributed by atoms with Crippen molar-refractivity contribution in [3.63, 3.8) is 0 Å². The van der Waals surface area contributed by atoms with Crippen LogP contribution < -0.4 is 4.90 Å². The van der Waals surface area contributed by atoms with Crippen LogP contribution in [0.1, 0.15) is 55.6 Å². The van der Waals surface area contributed by atoms with E-state index in [1.165, 1.54) is 111 Å². The zero-order chi connectivity index (χ0) is 46.7. The molecule has 15 rings (SSSR count). The molecule has 11 aromatic rings. The molecule has 0 heterocycles. The van der Waals surface area contributed by atoms with E-state index in [0.717, 1.165) is 29.9 Å². The Balaban J connectivity index is 0.982. The largest absolute Gasteiger partial charge is 0.310 e. The number of nitrogens with zero attached hydrogens (tertiary/aromatic N) is 1. The van der Waals surface area contributed by atoms with Gasteiger partial charge in [0.15, 0.2) is 0 Å². The summed E-state index contributed by atoms with van der Waals surface area (Å²) in [7, 11) is 0. The van der Waals surface area contributed by atoms with E-state index in [1.54, 1.807) is 0 Å². The predicted molar refractivity (Wildman–Crippen MR) is 293 cm³/mol. The van der Waals surface area contributed by atoms with E-state index in [4.69, 9.17) is 0 Å². The molecule has 0 fully saturated rings. The van der Waals surface area contributed by atoms with Crippen LogP contribution in [0.5, 0.6) is 0 Å². The predicted octanol–water partition coefficient (Wildman–Crippen LogP) is 17.3. The van der Waals surface area contributed by atoms with Crippen molar-refractivity contribution in [3.8, 4) is 55.6 Å². The minimum absolute atomic E-state index is 0.467. The maximum atomic E-state index is 2.55. The molecule has 71 heavy (non-hydrogen) atoms. The normalized spacial score (nSPS) is 14.3. The highest BCUT2D eigenvalue weighted by Gasteiger charge is 2.53. The summed E-state index contributed by atoms with van der Waals surface area (Å²) in [5.41, 5.74) is 28.6. The summed E-state index contributed by atoms with van der Waals surface area (Å²) in [6, 6.07) is 98.5. The lowest BCUT2D eigenvalue weighted by Gasteiger charge is -2.35. The van der Waals surface area contributed by atoms with Crippen molar-refractivity contribution in [1.29, 1.82) is 0 Å². The highest BCUT2D eigenvalue weighted by Crippen LogP contribution is 2.65. The molecule has 1 spiro atoms. The molecule has 0 bridgehead atoms. The van der Waals surface area contributed by atoms with Crippen LogP contribution in [0.15, 0.2) is 261 Å². The van der Waals surface area contributed by atoms with Crippen molar-refractivity contribution < 1.29 is 0 Å². The summed E-state index contributed by atoms with van der Waals surface area (Å²) in [4.78, 5) is 2.55. The standard InChI is InChI=1S/C70H47N/c1-3-19-50(20-4-1)69(51-21-5-2-6-22-51)61-28-13-9-26-57(61)58-43-42-53(45-66(58)69)71(52-40-38-46(39-41-52)49-37-36-48-35-34-47-18-7-8-23-54(47)60(48)44-49)67-33-17-32-65-68(67)59-27-12-16-31-64(59)70(65)62-29-14-10-24-55(62)56-25-11-15-30-63(56)70/h1-33,36-45H,34-35H2. The molecule has 332 valence electrons. The van der Waals surface area contributed by atoms with Crippen molar-refractivity contribution in [1.82, 2.24) is 0 Å². The third kappa shape index (κ3) is 5.52. The number of hydrogen-bond donors (Lipinski definition) is 0. The van der Waals surface area contributed by atoms with Gasteiger partial charge in [0, 0.05) is 16.9 Å². The van der Waals surface area contributed by atoms with Crippen molar-refractivity contribution in [2.24, 2.45) is 0 Å². The highest BCUT2D eigenvalue weighted by molar-refractivity contribution is 6.02. The van der Waals surface area contributed by atoms with Gasteiger partial charge in [-0.15, -0.1) is 0 Å². The molecule has 4 aliphatic rings. The summed E-state index contributed by atoms with van der Waals surface area (Å²) in [5, 5.41) is 0. The molecule has 0 aromatic heterocycles. The molecular weight excluding hydrogens is 855 g/mol. The van der Waals surface area contributed by atoms with E-state index in [2.05, 4.69) is 266 Å². The Morgan fingerprint density at radius 3 is 1.37 bits per heavy atom. The summed E-state index contributed by atoms with van der Waals surface area (Å²) >= 11 is 0. The number of rotatable bonds is 6. The first-order valence-electron chi connectivity index (χ1n) is 25.1. The smallest absolute Gasteiger partial charge is 0.0726 e. The number of benzene rings is 11. The Labute approximate surface area is 415 Å². The van der Waals surface area contributed by atoms with Crippen molar-refractivity contribution >= 4 is 17.1 Å². The second-order valence-corrected chi connectivity index (χ2v) is 19.8. The summed E-state index contributed by atoms with van der Waals surface area (Å²) in [5.74, 6) is 0. The molecule has 0 aliphatic heterocycles. The number of aryl methyl sites for hydroxylation is 2. The van der Waals surface area contributed by atoms with Crippen molar-refractivity contribution in [2.75, 3.05) is 4.90 Å². The topological polar surface area (TPSA) is 3.24 Å². The monoisotopic (exact) mass is 901 g/mol. The molecule has 1 nitrogen and oxygen atoms in total. The zero-order valence-electron chi connectivity index (χ0n) is 39.2. The SMILES string of the molecule is c1ccc(C2(c3ccccc3)c3ccccc3-c3ccc(N(c4ccc(-c5ccc6c(c5)-c5ccccc5CC6)cc4)c4cccc5c4-c4ccccc4C54c5ccccc5-c5ccccc54)cc32)cc1. The molecule has 0 unspecified atom stereocenters. The van der Waals surface area contributed by atoms with Gasteiger partial charge in [-0.2, -0.15) is 0 Å². The fourth-order valence-electron chi connectivity index (χ4n) is 13.6. The van der Waals surface area contributed by atoms with Crippen LogP contribution in [0.2, 0.25) is 0 Å². The Morgan fingerprint density at radius 1 is 0.268 bits per heavy atom. The average molecular weight is 902 g/mol. The van der Waals surface area contributed by atoms with Crippen molar-refractivity contribution in [3.05, 3.63) is 316 Å². The lowest BCUT2D eigenvalue weighted by Crippen LogP contribution is -2.28. The lowest BCUT2D eigenvalue weighted by molar-refractivity contribution is 0.768. The van der Waals surface area contributed by atoms with Crippen LogP contribution in [0.3, 0.4) is 0 Å². The van der Waals surface area contributed by atoms with Gasteiger partial charge in [0.05, 0.1) is 16.5 Å². The van der Waals surface area contributed by atoms with Gasteiger partial charge in [-0.05, 0) is 155 Å². The molecule has 11 aromatic carbocycles. The van der Waals surface area contributed by atoms with Gasteiger partial charge < -0.3 is 4.90 Å². The Kier molecular flexibility index (Phi) is 8.68. The maximum Gasteiger partial charge on any atom is 0.0726 e. The quantitative estimate of drug-likeness (QED) is 0.161. The lowest BCUT2D eigenvalue weighted by atomic mass is 9.67. The Hall–Kier alpha value is -8.78. The van der Waals surface area contributed by atoms with E-state index in [9.17, 15) is 0 Å². The van der Waals surface area contributed by atoms with Crippen LogP contribution in [-0.4, -0.2) is 0 Å². The Morgan fingerprint density at radius 2 is 0.732 bits per heavy atom.